The van der Waals surface area contributed by atoms with Crippen LogP contribution in [0.3, 0.4) is 0 Å². The maximum Gasteiger partial charge on any atom is 0.238 e. The number of nitrogens with one attached hydrogen (secondary N) is 1. The van der Waals surface area contributed by atoms with E-state index in [2.05, 4.69) is 5.32 Å². The van der Waals surface area contributed by atoms with Crippen LogP contribution in [0.15, 0.2) is 29.2 Å². The zero-order valence-electron chi connectivity index (χ0n) is 13.3. The van der Waals surface area contributed by atoms with E-state index in [1.54, 1.807) is 0 Å². The quantitative estimate of drug-likeness (QED) is 0.845. The van der Waals surface area contributed by atoms with E-state index in [1.807, 2.05) is 4.90 Å². The molecule has 1 aliphatic heterocycles. The Morgan fingerprint density at radius 2 is 1.79 bits per heavy atom. The number of carbonyl (C=O) groups excluding carboxylic acids is 2. The smallest absolute Gasteiger partial charge is 0.238 e. The maximum atomic E-state index is 12.4. The normalized spacial score (nSPS) is 22.1. The molecule has 2 amide bonds. The number of nitrogens with zero attached hydrogens (tertiary/aromatic N) is 1. The lowest BCUT2D eigenvalue weighted by atomic mass is 10.1. The third-order valence-electron chi connectivity index (χ3n) is 4.75. The fourth-order valence-electron chi connectivity index (χ4n) is 3.45. The molecule has 8 heteroatoms. The van der Waals surface area contributed by atoms with Gasteiger partial charge >= 0.3 is 0 Å². The first-order valence-electron chi connectivity index (χ1n) is 8.08. The van der Waals surface area contributed by atoms with Crippen molar-refractivity contribution in [1.82, 2.24) is 4.90 Å². The van der Waals surface area contributed by atoms with Gasteiger partial charge in [0.1, 0.15) is 0 Å². The summed E-state index contributed by atoms with van der Waals surface area (Å²) in [5.41, 5.74) is 0.485. The first-order chi connectivity index (χ1) is 11.3. The van der Waals surface area contributed by atoms with Crippen LogP contribution >= 0.6 is 0 Å². The molecular weight excluding hydrogens is 330 g/mol. The number of benzene rings is 1. The second-order valence-corrected chi connectivity index (χ2v) is 8.01. The first-order valence-corrected chi connectivity index (χ1v) is 9.62. The number of likely N-dealkylation sites (tertiary alicyclic amines) is 1. The summed E-state index contributed by atoms with van der Waals surface area (Å²) in [6.45, 7) is 0.463. The van der Waals surface area contributed by atoms with Crippen molar-refractivity contribution in [3.05, 3.63) is 24.3 Å². The standard InChI is InChI=1S/C16H21N3O4S/c17-24(22,23)14-7-5-12(6-8-14)18-16(21)11-9-15(20)19(10-11)13-3-1-2-4-13/h5-8,11,13H,1-4,9-10H2,(H,18,21)(H2,17,22,23)/t11-/m1/s1. The van der Waals surface area contributed by atoms with Gasteiger partial charge in [-0.2, -0.15) is 0 Å². The van der Waals surface area contributed by atoms with Crippen LogP contribution in [0.25, 0.3) is 0 Å². The molecule has 0 aromatic heterocycles. The summed E-state index contributed by atoms with van der Waals surface area (Å²) in [7, 11) is -3.75. The Morgan fingerprint density at radius 1 is 1.17 bits per heavy atom. The van der Waals surface area contributed by atoms with Crippen molar-refractivity contribution < 1.29 is 18.0 Å². The Balaban J connectivity index is 1.62. The van der Waals surface area contributed by atoms with E-state index in [9.17, 15) is 18.0 Å². The van der Waals surface area contributed by atoms with E-state index in [1.165, 1.54) is 24.3 Å². The minimum Gasteiger partial charge on any atom is -0.339 e. The third kappa shape index (κ3) is 3.59. The lowest BCUT2D eigenvalue weighted by Crippen LogP contribution is -2.35. The Morgan fingerprint density at radius 3 is 2.38 bits per heavy atom. The first kappa shape index (κ1) is 16.9. The maximum absolute atomic E-state index is 12.4. The summed E-state index contributed by atoms with van der Waals surface area (Å²) >= 11 is 0. The summed E-state index contributed by atoms with van der Waals surface area (Å²) in [6.07, 6.45) is 4.56. The average molecular weight is 351 g/mol. The highest BCUT2D eigenvalue weighted by atomic mass is 32.2. The van der Waals surface area contributed by atoms with Crippen LogP contribution in [0, 0.1) is 5.92 Å². The Bertz CT molecular complexity index is 739. The van der Waals surface area contributed by atoms with Gasteiger partial charge in [-0.15, -0.1) is 0 Å². The predicted octanol–water partition coefficient (Wildman–Crippen LogP) is 1.06. The fraction of sp³-hybridized carbons (Fsp3) is 0.500. The zero-order chi connectivity index (χ0) is 17.3. The van der Waals surface area contributed by atoms with Crippen molar-refractivity contribution in [2.75, 3.05) is 11.9 Å². The molecule has 1 saturated carbocycles. The number of anilines is 1. The van der Waals surface area contributed by atoms with Gasteiger partial charge in [-0.1, -0.05) is 12.8 Å². The monoisotopic (exact) mass is 351 g/mol. The molecule has 0 bridgehead atoms. The van der Waals surface area contributed by atoms with Crippen molar-refractivity contribution in [1.29, 1.82) is 0 Å². The van der Waals surface area contributed by atoms with Gasteiger partial charge in [0, 0.05) is 24.7 Å². The minimum absolute atomic E-state index is 0.0102. The molecule has 3 N–H and O–H groups in total. The Kier molecular flexibility index (Phi) is 4.60. The van der Waals surface area contributed by atoms with Crippen LogP contribution in [-0.4, -0.2) is 37.7 Å². The van der Waals surface area contributed by atoms with Crippen molar-refractivity contribution in [3.8, 4) is 0 Å². The average Bonchev–Trinajstić information content (AvgIpc) is 3.16. The SMILES string of the molecule is NS(=O)(=O)c1ccc(NC(=O)[C@@H]2CC(=O)N(C3CCCC3)C2)cc1. The minimum atomic E-state index is -3.75. The molecule has 1 saturated heterocycles. The number of amides is 2. The van der Waals surface area contributed by atoms with Gasteiger partial charge in [-0.3, -0.25) is 9.59 Å². The van der Waals surface area contributed by atoms with E-state index in [-0.39, 0.29) is 35.1 Å². The van der Waals surface area contributed by atoms with Gasteiger partial charge < -0.3 is 10.2 Å². The summed E-state index contributed by atoms with van der Waals surface area (Å²) in [4.78, 5) is 26.4. The molecule has 7 nitrogen and oxygen atoms in total. The van der Waals surface area contributed by atoms with E-state index < -0.39 is 10.0 Å². The third-order valence-corrected chi connectivity index (χ3v) is 5.67. The summed E-state index contributed by atoms with van der Waals surface area (Å²) in [5.74, 6) is -0.533. The number of primary sulfonamides is 1. The van der Waals surface area contributed by atoms with Crippen LogP contribution in [0.1, 0.15) is 32.1 Å². The van der Waals surface area contributed by atoms with E-state index in [0.717, 1.165) is 25.7 Å². The number of hydrogen-bond donors (Lipinski definition) is 2. The lowest BCUT2D eigenvalue weighted by Gasteiger charge is -2.23. The van der Waals surface area contributed by atoms with E-state index >= 15 is 0 Å². The van der Waals surface area contributed by atoms with Crippen LogP contribution in [0.4, 0.5) is 5.69 Å². The molecule has 1 aliphatic carbocycles. The van der Waals surface area contributed by atoms with Crippen molar-refractivity contribution in [3.63, 3.8) is 0 Å². The molecule has 3 rings (SSSR count). The van der Waals surface area contributed by atoms with Gasteiger partial charge in [0.05, 0.1) is 10.8 Å². The molecule has 0 spiro atoms. The number of sulfonamides is 1. The summed E-state index contributed by atoms with van der Waals surface area (Å²) in [5, 5.41) is 7.78. The van der Waals surface area contributed by atoms with Gasteiger partial charge in [0.15, 0.2) is 0 Å². The topological polar surface area (TPSA) is 110 Å². The molecule has 0 unspecified atom stereocenters. The molecule has 1 aromatic carbocycles. The lowest BCUT2D eigenvalue weighted by molar-refractivity contribution is -0.129. The molecule has 2 fully saturated rings. The molecule has 1 heterocycles. The van der Waals surface area contributed by atoms with Crippen LogP contribution in [0.5, 0.6) is 0 Å². The number of carbonyl (C=O) groups is 2. The Hall–Kier alpha value is -1.93. The zero-order valence-corrected chi connectivity index (χ0v) is 14.1. The highest BCUT2D eigenvalue weighted by molar-refractivity contribution is 7.89. The highest BCUT2D eigenvalue weighted by Gasteiger charge is 2.38. The molecular formula is C16H21N3O4S. The summed E-state index contributed by atoms with van der Waals surface area (Å²) in [6, 6.07) is 5.95. The van der Waals surface area contributed by atoms with E-state index in [0.29, 0.717) is 12.2 Å². The number of nitrogens with two attached hydrogens (primary N) is 1. The van der Waals surface area contributed by atoms with Gasteiger partial charge in [0.25, 0.3) is 0 Å². The second kappa shape index (κ2) is 6.52. The van der Waals surface area contributed by atoms with Gasteiger partial charge in [0.2, 0.25) is 21.8 Å². The molecule has 1 atom stereocenters. The summed E-state index contributed by atoms with van der Waals surface area (Å²) < 4.78 is 22.4. The van der Waals surface area contributed by atoms with Crippen molar-refractivity contribution >= 4 is 27.5 Å². The van der Waals surface area contributed by atoms with Crippen LogP contribution in [-0.2, 0) is 19.6 Å². The van der Waals surface area contributed by atoms with Gasteiger partial charge in [-0.05, 0) is 37.1 Å². The largest absolute Gasteiger partial charge is 0.339 e. The van der Waals surface area contributed by atoms with Crippen molar-refractivity contribution in [2.24, 2.45) is 11.1 Å². The van der Waals surface area contributed by atoms with E-state index in [4.69, 9.17) is 5.14 Å². The fourth-order valence-corrected chi connectivity index (χ4v) is 3.96. The van der Waals surface area contributed by atoms with Crippen LogP contribution < -0.4 is 10.5 Å². The number of hydrogen-bond acceptors (Lipinski definition) is 4. The highest BCUT2D eigenvalue weighted by Crippen LogP contribution is 2.30. The van der Waals surface area contributed by atoms with Gasteiger partial charge in [-0.25, -0.2) is 13.6 Å². The van der Waals surface area contributed by atoms with Crippen LogP contribution in [0.2, 0.25) is 0 Å². The molecule has 0 radical (unpaired) electrons. The Labute approximate surface area is 141 Å². The predicted molar refractivity (Wildman–Crippen MR) is 88.5 cm³/mol. The second-order valence-electron chi connectivity index (χ2n) is 6.44. The molecule has 2 aliphatic rings. The molecule has 130 valence electrons. The van der Waals surface area contributed by atoms with Crippen molar-refractivity contribution in [2.45, 2.75) is 43.0 Å². The molecule has 24 heavy (non-hydrogen) atoms. The number of rotatable bonds is 4. The molecule has 1 aromatic rings.